The van der Waals surface area contributed by atoms with E-state index in [-0.39, 0.29) is 24.9 Å². The van der Waals surface area contributed by atoms with Crippen LogP contribution in [-0.2, 0) is 22.6 Å². The second kappa shape index (κ2) is 8.66. The number of halogens is 1. The molecular formula is C15H23FN2O2. The van der Waals surface area contributed by atoms with Gasteiger partial charge in [-0.15, -0.1) is 0 Å². The van der Waals surface area contributed by atoms with Crippen LogP contribution in [-0.4, -0.2) is 30.6 Å². The number of nitrogens with zero attached hydrogens (tertiary/aromatic N) is 1. The smallest absolute Gasteiger partial charge is 0.320 e. The van der Waals surface area contributed by atoms with Gasteiger partial charge in [-0.1, -0.05) is 25.1 Å². The molecule has 0 bridgehead atoms. The van der Waals surface area contributed by atoms with Crippen LogP contribution in [0.3, 0.4) is 0 Å². The lowest BCUT2D eigenvalue weighted by molar-refractivity contribution is -0.144. The van der Waals surface area contributed by atoms with Gasteiger partial charge in [0.2, 0.25) is 0 Å². The predicted octanol–water partition coefficient (Wildman–Crippen LogP) is 2.06. The molecule has 0 amide bonds. The van der Waals surface area contributed by atoms with E-state index in [2.05, 4.69) is 0 Å². The molecule has 0 aliphatic carbocycles. The third-order valence-electron chi connectivity index (χ3n) is 2.97. The summed E-state index contributed by atoms with van der Waals surface area (Å²) < 4.78 is 19.1. The number of esters is 1. The Balaban J connectivity index is 2.77. The van der Waals surface area contributed by atoms with Crippen LogP contribution in [0, 0.1) is 5.82 Å². The van der Waals surface area contributed by atoms with Crippen molar-refractivity contribution in [2.24, 2.45) is 5.73 Å². The fraction of sp³-hybridized carbons (Fsp3) is 0.533. The quantitative estimate of drug-likeness (QED) is 0.742. The fourth-order valence-electron chi connectivity index (χ4n) is 2.07. The highest BCUT2D eigenvalue weighted by atomic mass is 19.1. The van der Waals surface area contributed by atoms with Crippen LogP contribution in [0.1, 0.15) is 31.4 Å². The summed E-state index contributed by atoms with van der Waals surface area (Å²) >= 11 is 0. The molecule has 2 N–H and O–H groups in total. The number of ether oxygens (including phenoxy) is 1. The molecule has 20 heavy (non-hydrogen) atoms. The summed E-state index contributed by atoms with van der Waals surface area (Å²) in [6.45, 7) is 5.59. The zero-order chi connectivity index (χ0) is 15.0. The number of hydrogen-bond acceptors (Lipinski definition) is 4. The Labute approximate surface area is 119 Å². The highest BCUT2D eigenvalue weighted by Crippen LogP contribution is 2.15. The number of nitrogens with two attached hydrogens (primary N) is 1. The summed E-state index contributed by atoms with van der Waals surface area (Å²) in [7, 11) is 0. The highest BCUT2D eigenvalue weighted by molar-refractivity contribution is 5.71. The van der Waals surface area contributed by atoms with Crippen molar-refractivity contribution in [3.05, 3.63) is 35.1 Å². The van der Waals surface area contributed by atoms with E-state index in [4.69, 9.17) is 10.5 Å². The lowest BCUT2D eigenvalue weighted by Gasteiger charge is -2.21. The van der Waals surface area contributed by atoms with E-state index in [0.717, 1.165) is 6.42 Å². The van der Waals surface area contributed by atoms with Gasteiger partial charge in [-0.05, 0) is 19.9 Å². The molecule has 4 nitrogen and oxygen atoms in total. The SMILES string of the molecule is CCCN(CC(=O)OCC)Cc1cccc(CN)c1F. The minimum Gasteiger partial charge on any atom is -0.465 e. The van der Waals surface area contributed by atoms with E-state index in [0.29, 0.717) is 30.8 Å². The average Bonchev–Trinajstić information content (AvgIpc) is 2.41. The minimum absolute atomic E-state index is 0.172. The van der Waals surface area contributed by atoms with Gasteiger partial charge in [-0.3, -0.25) is 9.69 Å². The summed E-state index contributed by atoms with van der Waals surface area (Å²) in [5.74, 6) is -0.559. The van der Waals surface area contributed by atoms with Gasteiger partial charge in [-0.2, -0.15) is 0 Å². The van der Waals surface area contributed by atoms with Crippen molar-refractivity contribution in [2.75, 3.05) is 19.7 Å². The standard InChI is InChI=1S/C15H23FN2O2/c1-3-8-18(11-14(19)20-4-2)10-13-7-5-6-12(9-17)15(13)16/h5-7H,3-4,8-11,17H2,1-2H3. The molecule has 0 spiro atoms. The van der Waals surface area contributed by atoms with Crippen LogP contribution in [0.25, 0.3) is 0 Å². The van der Waals surface area contributed by atoms with E-state index < -0.39 is 0 Å². The number of hydrogen-bond donors (Lipinski definition) is 1. The maximum absolute atomic E-state index is 14.1. The number of carbonyl (C=O) groups excluding carboxylic acids is 1. The number of rotatable bonds is 8. The third kappa shape index (κ3) is 4.90. The zero-order valence-electron chi connectivity index (χ0n) is 12.2. The van der Waals surface area contributed by atoms with Crippen LogP contribution in [0.5, 0.6) is 0 Å². The summed E-state index contributed by atoms with van der Waals surface area (Å²) in [5, 5.41) is 0. The second-order valence-electron chi connectivity index (χ2n) is 4.61. The Bertz CT molecular complexity index is 438. The Kier molecular flexibility index (Phi) is 7.18. The maximum atomic E-state index is 14.1. The van der Waals surface area contributed by atoms with Crippen LogP contribution in [0.15, 0.2) is 18.2 Å². The molecule has 112 valence electrons. The molecule has 0 unspecified atom stereocenters. The minimum atomic E-state index is -0.281. The van der Waals surface area contributed by atoms with Gasteiger partial charge in [0, 0.05) is 24.2 Å². The van der Waals surface area contributed by atoms with E-state index in [1.54, 1.807) is 25.1 Å². The molecule has 0 fully saturated rings. The third-order valence-corrected chi connectivity index (χ3v) is 2.97. The maximum Gasteiger partial charge on any atom is 0.320 e. The zero-order valence-corrected chi connectivity index (χ0v) is 12.2. The molecular weight excluding hydrogens is 259 g/mol. The van der Waals surface area contributed by atoms with E-state index in [1.165, 1.54) is 0 Å². The normalized spacial score (nSPS) is 10.8. The van der Waals surface area contributed by atoms with Gasteiger partial charge < -0.3 is 10.5 Å². The van der Waals surface area contributed by atoms with Gasteiger partial charge in [0.1, 0.15) is 5.82 Å². The van der Waals surface area contributed by atoms with Crippen molar-refractivity contribution >= 4 is 5.97 Å². The molecule has 0 atom stereocenters. The van der Waals surface area contributed by atoms with Crippen molar-refractivity contribution in [1.29, 1.82) is 0 Å². The topological polar surface area (TPSA) is 55.6 Å². The fourth-order valence-corrected chi connectivity index (χ4v) is 2.07. The van der Waals surface area contributed by atoms with Crippen LogP contribution < -0.4 is 5.73 Å². The van der Waals surface area contributed by atoms with Crippen LogP contribution in [0.4, 0.5) is 4.39 Å². The monoisotopic (exact) mass is 282 g/mol. The molecule has 0 aliphatic rings. The number of benzene rings is 1. The van der Waals surface area contributed by atoms with Gasteiger partial charge >= 0.3 is 5.97 Å². The van der Waals surface area contributed by atoms with Crippen molar-refractivity contribution in [3.63, 3.8) is 0 Å². The molecule has 1 rings (SSSR count). The Hall–Kier alpha value is -1.46. The Morgan fingerprint density at radius 2 is 2.05 bits per heavy atom. The van der Waals surface area contributed by atoms with E-state index in [9.17, 15) is 9.18 Å². The molecule has 0 aromatic heterocycles. The highest BCUT2D eigenvalue weighted by Gasteiger charge is 2.14. The molecule has 1 aromatic carbocycles. The van der Waals surface area contributed by atoms with Crippen molar-refractivity contribution < 1.29 is 13.9 Å². The van der Waals surface area contributed by atoms with Crippen molar-refractivity contribution in [1.82, 2.24) is 4.90 Å². The lowest BCUT2D eigenvalue weighted by Crippen LogP contribution is -2.31. The number of carbonyl (C=O) groups is 1. The van der Waals surface area contributed by atoms with Crippen molar-refractivity contribution in [3.8, 4) is 0 Å². The molecule has 5 heteroatoms. The molecule has 0 heterocycles. The predicted molar refractivity (Wildman–Crippen MR) is 76.5 cm³/mol. The van der Waals surface area contributed by atoms with Gasteiger partial charge in [-0.25, -0.2) is 4.39 Å². The summed E-state index contributed by atoms with van der Waals surface area (Å²) in [4.78, 5) is 13.4. The average molecular weight is 282 g/mol. The van der Waals surface area contributed by atoms with Gasteiger partial charge in [0.25, 0.3) is 0 Å². The first-order valence-electron chi connectivity index (χ1n) is 6.96. The first-order valence-corrected chi connectivity index (χ1v) is 6.96. The first-order chi connectivity index (χ1) is 9.62. The van der Waals surface area contributed by atoms with Gasteiger partial charge in [0.15, 0.2) is 0 Å². The Morgan fingerprint density at radius 3 is 2.65 bits per heavy atom. The van der Waals surface area contributed by atoms with E-state index >= 15 is 0 Å². The largest absolute Gasteiger partial charge is 0.465 e. The lowest BCUT2D eigenvalue weighted by atomic mass is 10.1. The van der Waals surface area contributed by atoms with Crippen LogP contribution in [0.2, 0.25) is 0 Å². The summed E-state index contributed by atoms with van der Waals surface area (Å²) in [6.07, 6.45) is 0.887. The molecule has 0 saturated carbocycles. The molecule has 0 saturated heterocycles. The first kappa shape index (κ1) is 16.6. The van der Waals surface area contributed by atoms with Crippen molar-refractivity contribution in [2.45, 2.75) is 33.4 Å². The summed E-state index contributed by atoms with van der Waals surface area (Å²) in [5.41, 5.74) is 6.56. The van der Waals surface area contributed by atoms with Gasteiger partial charge in [0.05, 0.1) is 13.2 Å². The molecule has 0 radical (unpaired) electrons. The summed E-state index contributed by atoms with van der Waals surface area (Å²) in [6, 6.07) is 5.19. The van der Waals surface area contributed by atoms with E-state index in [1.807, 2.05) is 11.8 Å². The molecule has 1 aromatic rings. The molecule has 0 aliphatic heterocycles. The Morgan fingerprint density at radius 1 is 1.35 bits per heavy atom. The second-order valence-corrected chi connectivity index (χ2v) is 4.61. The van der Waals surface area contributed by atoms with Crippen LogP contribution >= 0.6 is 0 Å².